The van der Waals surface area contributed by atoms with Crippen molar-refractivity contribution in [3.8, 4) is 0 Å². The van der Waals surface area contributed by atoms with Crippen molar-refractivity contribution in [1.82, 2.24) is 10.2 Å². The molecule has 0 aliphatic carbocycles. The molecule has 5 heteroatoms. The van der Waals surface area contributed by atoms with Crippen molar-refractivity contribution in [2.24, 2.45) is 5.73 Å². The lowest BCUT2D eigenvalue weighted by Crippen LogP contribution is -2.50. The smallest absolute Gasteiger partial charge is 0.237 e. The molecule has 4 nitrogen and oxygen atoms in total. The number of nitrogens with zero attached hydrogens (tertiary/aromatic N) is 1. The third-order valence-corrected chi connectivity index (χ3v) is 5.11. The molecule has 1 saturated heterocycles. The molecule has 128 valence electrons. The van der Waals surface area contributed by atoms with Gasteiger partial charge in [-0.15, -0.1) is 0 Å². The van der Waals surface area contributed by atoms with E-state index in [1.165, 1.54) is 5.56 Å². The lowest BCUT2D eigenvalue weighted by Gasteiger charge is -2.32. The fourth-order valence-corrected chi connectivity index (χ4v) is 3.41. The fraction of sp³-hybridized carbons (Fsp3) is 0.611. The Morgan fingerprint density at radius 1 is 1.35 bits per heavy atom. The minimum Gasteiger partial charge on any atom is -0.352 e. The summed E-state index contributed by atoms with van der Waals surface area (Å²) in [5.74, 6) is 0.953. The number of nitrogens with two attached hydrogens (primary N) is 1. The molecule has 0 spiro atoms. The van der Waals surface area contributed by atoms with Crippen LogP contribution < -0.4 is 11.1 Å². The number of piperidine rings is 1. The highest BCUT2D eigenvalue weighted by Gasteiger charge is 2.22. The number of amides is 1. The lowest BCUT2D eigenvalue weighted by atomic mass is 10.0. The largest absolute Gasteiger partial charge is 0.352 e. The topological polar surface area (TPSA) is 58.4 Å². The van der Waals surface area contributed by atoms with E-state index in [-0.39, 0.29) is 18.0 Å². The van der Waals surface area contributed by atoms with E-state index in [9.17, 15) is 4.79 Å². The number of carbonyl (C=O) groups excluding carboxylic acids is 1. The third-order valence-electron chi connectivity index (χ3n) is 4.46. The molecule has 23 heavy (non-hydrogen) atoms. The van der Waals surface area contributed by atoms with E-state index in [0.29, 0.717) is 0 Å². The van der Waals surface area contributed by atoms with Crippen LogP contribution in [0.4, 0.5) is 0 Å². The highest BCUT2D eigenvalue weighted by atomic mass is 32.2. The van der Waals surface area contributed by atoms with Crippen LogP contribution >= 0.6 is 11.8 Å². The van der Waals surface area contributed by atoms with Gasteiger partial charge in [0.05, 0.1) is 6.04 Å². The number of benzene rings is 1. The van der Waals surface area contributed by atoms with Crippen molar-refractivity contribution >= 4 is 17.7 Å². The van der Waals surface area contributed by atoms with Crippen LogP contribution in [0.3, 0.4) is 0 Å². The molecule has 1 atom stereocenters. The summed E-state index contributed by atoms with van der Waals surface area (Å²) >= 11 is 1.73. The van der Waals surface area contributed by atoms with Gasteiger partial charge in [0.15, 0.2) is 0 Å². The van der Waals surface area contributed by atoms with E-state index in [4.69, 9.17) is 5.73 Å². The predicted molar refractivity (Wildman–Crippen MR) is 98.7 cm³/mol. The van der Waals surface area contributed by atoms with E-state index < -0.39 is 0 Å². The zero-order chi connectivity index (χ0) is 16.5. The van der Waals surface area contributed by atoms with Crippen LogP contribution in [0, 0.1) is 0 Å². The van der Waals surface area contributed by atoms with Gasteiger partial charge in [0.2, 0.25) is 5.91 Å². The third kappa shape index (κ3) is 6.53. The molecular formula is C18H29N3OS. The minimum absolute atomic E-state index is 0.0155. The lowest BCUT2D eigenvalue weighted by molar-refractivity contribution is -0.123. The first-order chi connectivity index (χ1) is 11.2. The highest BCUT2D eigenvalue weighted by molar-refractivity contribution is 7.98. The van der Waals surface area contributed by atoms with Gasteiger partial charge in [-0.3, -0.25) is 4.79 Å². The van der Waals surface area contributed by atoms with Crippen LogP contribution in [0.2, 0.25) is 0 Å². The van der Waals surface area contributed by atoms with Crippen molar-refractivity contribution in [3.05, 3.63) is 35.9 Å². The molecule has 1 heterocycles. The summed E-state index contributed by atoms with van der Waals surface area (Å²) in [6, 6.07) is 10.5. The van der Waals surface area contributed by atoms with Crippen molar-refractivity contribution in [3.63, 3.8) is 0 Å². The van der Waals surface area contributed by atoms with Gasteiger partial charge < -0.3 is 16.0 Å². The SMILES string of the molecule is CSCC[C@H](N)C(=O)NC1CCN(CCc2ccccc2)CC1. The van der Waals surface area contributed by atoms with Crippen LogP contribution in [-0.2, 0) is 11.2 Å². The van der Waals surface area contributed by atoms with Gasteiger partial charge in [0.25, 0.3) is 0 Å². The highest BCUT2D eigenvalue weighted by Crippen LogP contribution is 2.12. The Morgan fingerprint density at radius 3 is 2.70 bits per heavy atom. The molecule has 3 N–H and O–H groups in total. The molecule has 0 saturated carbocycles. The van der Waals surface area contributed by atoms with Gasteiger partial charge in [-0.25, -0.2) is 0 Å². The molecule has 0 unspecified atom stereocenters. The van der Waals surface area contributed by atoms with Gasteiger partial charge in [-0.05, 0) is 43.3 Å². The Labute approximate surface area is 144 Å². The summed E-state index contributed by atoms with van der Waals surface area (Å²) in [5, 5.41) is 3.12. The Bertz CT molecular complexity index is 461. The first kappa shape index (κ1) is 18.3. The number of hydrogen-bond acceptors (Lipinski definition) is 4. The second-order valence-corrected chi connectivity index (χ2v) is 7.23. The summed E-state index contributed by atoms with van der Waals surface area (Å²) in [7, 11) is 0. The minimum atomic E-state index is -0.362. The van der Waals surface area contributed by atoms with Gasteiger partial charge in [-0.2, -0.15) is 11.8 Å². The van der Waals surface area contributed by atoms with Crippen molar-refractivity contribution in [1.29, 1.82) is 0 Å². The molecule has 1 aromatic rings. The number of thioether (sulfide) groups is 1. The van der Waals surface area contributed by atoms with Gasteiger partial charge >= 0.3 is 0 Å². The number of carbonyl (C=O) groups is 1. The molecule has 1 amide bonds. The van der Waals surface area contributed by atoms with Crippen LogP contribution in [0.1, 0.15) is 24.8 Å². The van der Waals surface area contributed by atoms with Gasteiger partial charge in [0.1, 0.15) is 0 Å². The zero-order valence-electron chi connectivity index (χ0n) is 14.0. The number of rotatable bonds is 8. The maximum atomic E-state index is 12.1. The molecule has 1 aliphatic heterocycles. The first-order valence-corrected chi connectivity index (χ1v) is 9.89. The monoisotopic (exact) mass is 335 g/mol. The number of nitrogens with one attached hydrogen (secondary N) is 1. The van der Waals surface area contributed by atoms with Crippen LogP contribution in [0.25, 0.3) is 0 Å². The second-order valence-electron chi connectivity index (χ2n) is 6.25. The normalized spacial score (nSPS) is 17.8. The van der Waals surface area contributed by atoms with Gasteiger partial charge in [-0.1, -0.05) is 30.3 Å². The van der Waals surface area contributed by atoms with Crippen LogP contribution in [-0.4, -0.2) is 54.5 Å². The maximum absolute atomic E-state index is 12.1. The van der Waals surface area contributed by atoms with Crippen LogP contribution in [0.15, 0.2) is 30.3 Å². The molecule has 1 aromatic carbocycles. The predicted octanol–water partition coefficient (Wildman–Crippen LogP) is 1.89. The average Bonchev–Trinajstić information content (AvgIpc) is 2.60. The summed E-state index contributed by atoms with van der Waals surface area (Å²) in [4.78, 5) is 14.5. The fourth-order valence-electron chi connectivity index (χ4n) is 2.92. The number of hydrogen-bond donors (Lipinski definition) is 2. The second kappa shape index (κ2) is 9.96. The van der Waals surface area contributed by atoms with Crippen molar-refractivity contribution < 1.29 is 4.79 Å². The summed E-state index contributed by atoms with van der Waals surface area (Å²) in [5.41, 5.74) is 7.32. The quantitative estimate of drug-likeness (QED) is 0.762. The molecule has 1 fully saturated rings. The van der Waals surface area contributed by atoms with E-state index >= 15 is 0 Å². The molecular weight excluding hydrogens is 306 g/mol. The molecule has 0 aromatic heterocycles. The van der Waals surface area contributed by atoms with Crippen molar-refractivity contribution in [2.75, 3.05) is 31.6 Å². The average molecular weight is 336 g/mol. The summed E-state index contributed by atoms with van der Waals surface area (Å²) in [6.45, 7) is 3.20. The van der Waals surface area contributed by atoms with E-state index in [0.717, 1.165) is 51.1 Å². The van der Waals surface area contributed by atoms with Gasteiger partial charge in [0, 0.05) is 25.7 Å². The Balaban J connectivity index is 1.64. The van der Waals surface area contributed by atoms with Crippen LogP contribution in [0.5, 0.6) is 0 Å². The van der Waals surface area contributed by atoms with E-state index in [1.807, 2.05) is 6.26 Å². The molecule has 1 aliphatic rings. The maximum Gasteiger partial charge on any atom is 0.237 e. The summed E-state index contributed by atoms with van der Waals surface area (Å²) < 4.78 is 0. The number of likely N-dealkylation sites (tertiary alicyclic amines) is 1. The molecule has 0 radical (unpaired) electrons. The van der Waals surface area contributed by atoms with Crippen molar-refractivity contribution in [2.45, 2.75) is 37.8 Å². The summed E-state index contributed by atoms with van der Waals surface area (Å²) in [6.07, 6.45) is 5.93. The Kier molecular flexibility index (Phi) is 7.92. The standard InChI is InChI=1S/C18H29N3OS/c1-23-14-10-17(19)18(22)20-16-8-12-21(13-9-16)11-7-15-5-3-2-4-6-15/h2-6,16-17H,7-14,19H2,1H3,(H,20,22)/t17-/m0/s1. The zero-order valence-corrected chi connectivity index (χ0v) is 14.9. The first-order valence-electron chi connectivity index (χ1n) is 8.50. The van der Waals surface area contributed by atoms with E-state index in [1.54, 1.807) is 11.8 Å². The Hall–Kier alpha value is -1.04. The Morgan fingerprint density at radius 2 is 2.04 bits per heavy atom. The molecule has 0 bridgehead atoms. The molecule has 2 rings (SSSR count). The van der Waals surface area contributed by atoms with E-state index in [2.05, 4.69) is 40.5 Å².